The SMILES string of the molecule is CCCCOCC[N+]([O-])(CCCl)CCCl. The van der Waals surface area contributed by atoms with Gasteiger partial charge in [-0.25, -0.2) is 0 Å². The molecule has 0 aliphatic heterocycles. The van der Waals surface area contributed by atoms with Crippen LogP contribution in [0.2, 0.25) is 0 Å². The first-order valence-electron chi connectivity index (χ1n) is 5.45. The molecular formula is C10H21Cl2NO2. The zero-order valence-electron chi connectivity index (χ0n) is 9.38. The Bertz CT molecular complexity index is 141. The number of hydrogen-bond acceptors (Lipinski definition) is 2. The normalized spacial score (nSPS) is 12.0. The quantitative estimate of drug-likeness (QED) is 0.261. The Morgan fingerprint density at radius 1 is 1.07 bits per heavy atom. The summed E-state index contributed by atoms with van der Waals surface area (Å²) in [6.45, 7) is 4.60. The van der Waals surface area contributed by atoms with Crippen molar-refractivity contribution in [2.24, 2.45) is 0 Å². The van der Waals surface area contributed by atoms with Crippen molar-refractivity contribution in [3.8, 4) is 0 Å². The summed E-state index contributed by atoms with van der Waals surface area (Å²) in [4.78, 5) is 0. The predicted molar refractivity (Wildman–Crippen MR) is 65.4 cm³/mol. The van der Waals surface area contributed by atoms with Crippen molar-refractivity contribution in [3.63, 3.8) is 0 Å². The molecule has 0 saturated carbocycles. The van der Waals surface area contributed by atoms with Crippen molar-refractivity contribution >= 4 is 23.2 Å². The van der Waals surface area contributed by atoms with Gasteiger partial charge in [-0.1, -0.05) is 13.3 Å². The average molecular weight is 258 g/mol. The molecule has 0 aliphatic carbocycles. The van der Waals surface area contributed by atoms with Crippen LogP contribution < -0.4 is 0 Å². The van der Waals surface area contributed by atoms with Crippen molar-refractivity contribution in [3.05, 3.63) is 5.21 Å². The number of quaternary nitrogens is 1. The lowest BCUT2D eigenvalue weighted by Gasteiger charge is -2.41. The van der Waals surface area contributed by atoms with Crippen LogP contribution in [0.3, 0.4) is 0 Å². The Morgan fingerprint density at radius 3 is 2.13 bits per heavy atom. The minimum Gasteiger partial charge on any atom is -0.633 e. The second kappa shape index (κ2) is 9.67. The summed E-state index contributed by atoms with van der Waals surface area (Å²) in [5.41, 5.74) is 0. The maximum Gasteiger partial charge on any atom is 0.102 e. The van der Waals surface area contributed by atoms with Gasteiger partial charge in [0.05, 0.1) is 31.5 Å². The molecule has 0 N–H and O–H groups in total. The first kappa shape index (κ1) is 15.5. The van der Waals surface area contributed by atoms with Gasteiger partial charge in [-0.15, -0.1) is 23.2 Å². The molecule has 0 radical (unpaired) electrons. The zero-order valence-corrected chi connectivity index (χ0v) is 10.9. The molecule has 92 valence electrons. The van der Waals surface area contributed by atoms with E-state index < -0.39 is 0 Å². The molecule has 15 heavy (non-hydrogen) atoms. The van der Waals surface area contributed by atoms with Crippen LogP contribution in [0.1, 0.15) is 19.8 Å². The lowest BCUT2D eigenvalue weighted by atomic mass is 10.4. The fourth-order valence-electron chi connectivity index (χ4n) is 1.22. The number of hydroxylamine groups is 3. The van der Waals surface area contributed by atoms with Gasteiger partial charge in [-0.2, -0.15) is 0 Å². The number of hydrogen-bond donors (Lipinski definition) is 0. The number of nitrogens with zero attached hydrogens (tertiary/aromatic N) is 1. The van der Waals surface area contributed by atoms with Gasteiger partial charge in [-0.05, 0) is 6.42 Å². The molecule has 0 rings (SSSR count). The highest BCUT2D eigenvalue weighted by molar-refractivity contribution is 6.18. The Hall–Kier alpha value is 0.460. The third-order valence-electron chi connectivity index (χ3n) is 2.27. The standard InChI is InChI=1S/C10H21Cl2NO2/c1-2-3-9-15-10-8-13(14,6-4-11)7-5-12/h2-10H2,1H3. The van der Waals surface area contributed by atoms with Crippen LogP contribution in [-0.4, -0.2) is 49.3 Å². The summed E-state index contributed by atoms with van der Waals surface area (Å²) in [6, 6.07) is 0. The minimum atomic E-state index is -0.334. The van der Waals surface area contributed by atoms with Crippen LogP contribution in [0.4, 0.5) is 0 Å². The molecule has 0 aromatic carbocycles. The van der Waals surface area contributed by atoms with Crippen molar-refractivity contribution in [1.29, 1.82) is 0 Å². The van der Waals surface area contributed by atoms with Crippen LogP contribution in [0.5, 0.6) is 0 Å². The Kier molecular flexibility index (Phi) is 9.97. The molecule has 3 nitrogen and oxygen atoms in total. The zero-order chi connectivity index (χ0) is 11.6. The lowest BCUT2D eigenvalue weighted by Crippen LogP contribution is -2.47. The summed E-state index contributed by atoms with van der Waals surface area (Å²) >= 11 is 11.2. The fourth-order valence-corrected chi connectivity index (χ4v) is 1.84. The van der Waals surface area contributed by atoms with Gasteiger partial charge in [0.2, 0.25) is 0 Å². The molecular weight excluding hydrogens is 237 g/mol. The van der Waals surface area contributed by atoms with Crippen LogP contribution >= 0.6 is 23.2 Å². The first-order valence-corrected chi connectivity index (χ1v) is 6.52. The van der Waals surface area contributed by atoms with E-state index in [0.717, 1.165) is 19.4 Å². The number of unbranched alkanes of at least 4 members (excludes halogenated alkanes) is 1. The molecule has 0 heterocycles. The van der Waals surface area contributed by atoms with Crippen molar-refractivity contribution in [1.82, 2.24) is 0 Å². The van der Waals surface area contributed by atoms with E-state index in [9.17, 15) is 5.21 Å². The minimum absolute atomic E-state index is 0.334. The Morgan fingerprint density at radius 2 is 1.67 bits per heavy atom. The van der Waals surface area contributed by atoms with E-state index >= 15 is 0 Å². The number of rotatable bonds is 10. The van der Waals surface area contributed by atoms with Crippen molar-refractivity contribution in [2.75, 3.05) is 44.6 Å². The number of halogens is 2. The molecule has 0 aromatic rings. The molecule has 5 heteroatoms. The van der Waals surface area contributed by atoms with E-state index in [1.54, 1.807) is 0 Å². The molecule has 0 aliphatic rings. The third-order valence-corrected chi connectivity index (χ3v) is 2.61. The molecule has 0 unspecified atom stereocenters. The van der Waals surface area contributed by atoms with Gasteiger partial charge in [-0.3, -0.25) is 0 Å². The highest BCUT2D eigenvalue weighted by atomic mass is 35.5. The third kappa shape index (κ3) is 8.29. The molecule has 0 aromatic heterocycles. The van der Waals surface area contributed by atoms with Crippen molar-refractivity contribution < 1.29 is 9.38 Å². The topological polar surface area (TPSA) is 32.3 Å². The highest BCUT2D eigenvalue weighted by Gasteiger charge is 2.14. The van der Waals surface area contributed by atoms with E-state index in [0.29, 0.717) is 38.0 Å². The van der Waals surface area contributed by atoms with E-state index in [4.69, 9.17) is 27.9 Å². The summed E-state index contributed by atoms with van der Waals surface area (Å²) in [6.07, 6.45) is 2.16. The maximum absolute atomic E-state index is 12.0. The Labute approximate surface area is 102 Å². The molecule has 0 saturated heterocycles. The predicted octanol–water partition coefficient (Wildman–Crippen LogP) is 2.60. The van der Waals surface area contributed by atoms with Crippen LogP contribution in [0.25, 0.3) is 0 Å². The van der Waals surface area contributed by atoms with Crippen LogP contribution in [-0.2, 0) is 4.74 Å². The Balaban J connectivity index is 3.65. The molecule has 0 atom stereocenters. The van der Waals surface area contributed by atoms with Crippen LogP contribution in [0.15, 0.2) is 0 Å². The number of ether oxygens (including phenoxy) is 1. The highest BCUT2D eigenvalue weighted by Crippen LogP contribution is 2.05. The average Bonchev–Trinajstić information content (AvgIpc) is 2.18. The summed E-state index contributed by atoms with van der Waals surface area (Å²) in [5, 5.41) is 12.0. The monoisotopic (exact) mass is 257 g/mol. The summed E-state index contributed by atoms with van der Waals surface area (Å²) in [7, 11) is 0. The van der Waals surface area contributed by atoms with Crippen molar-refractivity contribution in [2.45, 2.75) is 19.8 Å². The van der Waals surface area contributed by atoms with E-state index in [2.05, 4.69) is 6.92 Å². The summed E-state index contributed by atoms with van der Waals surface area (Å²) < 4.78 is 5.03. The molecule has 0 spiro atoms. The fraction of sp³-hybridized carbons (Fsp3) is 1.00. The van der Waals surface area contributed by atoms with Crippen LogP contribution in [0, 0.1) is 5.21 Å². The first-order chi connectivity index (χ1) is 7.18. The second-order valence-electron chi connectivity index (χ2n) is 3.57. The van der Waals surface area contributed by atoms with Gasteiger partial charge < -0.3 is 14.6 Å². The molecule has 0 amide bonds. The summed E-state index contributed by atoms with van der Waals surface area (Å²) in [5.74, 6) is 0.741. The van der Waals surface area contributed by atoms with Gasteiger partial charge >= 0.3 is 0 Å². The van der Waals surface area contributed by atoms with E-state index in [1.165, 1.54) is 0 Å². The molecule has 0 bridgehead atoms. The van der Waals surface area contributed by atoms with Gasteiger partial charge in [0.1, 0.15) is 6.54 Å². The van der Waals surface area contributed by atoms with Gasteiger partial charge in [0.25, 0.3) is 0 Å². The maximum atomic E-state index is 12.0. The van der Waals surface area contributed by atoms with Gasteiger partial charge in [0, 0.05) is 6.61 Å². The van der Waals surface area contributed by atoms with Gasteiger partial charge in [0.15, 0.2) is 0 Å². The number of alkyl halides is 2. The molecule has 0 fully saturated rings. The smallest absolute Gasteiger partial charge is 0.102 e. The van der Waals surface area contributed by atoms with E-state index in [-0.39, 0.29) is 4.65 Å². The second-order valence-corrected chi connectivity index (χ2v) is 4.33. The lowest BCUT2D eigenvalue weighted by molar-refractivity contribution is -0.876. The largest absolute Gasteiger partial charge is 0.633 e. The van der Waals surface area contributed by atoms with E-state index in [1.807, 2.05) is 0 Å².